The standard InChI is InChI=1S/C13H13Br2NO/c1-2-9-6-7-10(17-9)8-16-13-11(14)4-3-5-12(13)15/h3-7,16H,2,8H2,1H3. The van der Waals surface area contributed by atoms with Crippen LogP contribution >= 0.6 is 31.9 Å². The first-order valence-electron chi connectivity index (χ1n) is 5.46. The third-order valence-electron chi connectivity index (χ3n) is 2.47. The molecule has 1 aromatic heterocycles. The minimum absolute atomic E-state index is 0.682. The zero-order valence-corrected chi connectivity index (χ0v) is 12.6. The van der Waals surface area contributed by atoms with E-state index in [2.05, 4.69) is 44.1 Å². The number of halogens is 2. The Hall–Kier alpha value is -0.740. The zero-order valence-electron chi connectivity index (χ0n) is 9.47. The van der Waals surface area contributed by atoms with Crippen molar-refractivity contribution in [2.75, 3.05) is 5.32 Å². The normalized spacial score (nSPS) is 10.5. The maximum atomic E-state index is 5.64. The van der Waals surface area contributed by atoms with Crippen molar-refractivity contribution in [2.24, 2.45) is 0 Å². The van der Waals surface area contributed by atoms with E-state index in [-0.39, 0.29) is 0 Å². The second-order valence-corrected chi connectivity index (χ2v) is 5.38. The van der Waals surface area contributed by atoms with E-state index in [4.69, 9.17) is 4.42 Å². The van der Waals surface area contributed by atoms with Gasteiger partial charge in [-0.1, -0.05) is 13.0 Å². The van der Waals surface area contributed by atoms with Crippen LogP contribution in [-0.4, -0.2) is 0 Å². The van der Waals surface area contributed by atoms with Crippen LogP contribution in [0.25, 0.3) is 0 Å². The van der Waals surface area contributed by atoms with Crippen LogP contribution in [0.1, 0.15) is 18.4 Å². The number of furan rings is 1. The van der Waals surface area contributed by atoms with Gasteiger partial charge in [-0.05, 0) is 56.1 Å². The molecule has 0 amide bonds. The van der Waals surface area contributed by atoms with Gasteiger partial charge in [-0.3, -0.25) is 0 Å². The van der Waals surface area contributed by atoms with Crippen molar-refractivity contribution in [1.82, 2.24) is 0 Å². The van der Waals surface area contributed by atoms with Gasteiger partial charge < -0.3 is 9.73 Å². The van der Waals surface area contributed by atoms with Crippen LogP contribution in [0, 0.1) is 0 Å². The summed E-state index contributed by atoms with van der Waals surface area (Å²) in [7, 11) is 0. The number of benzene rings is 1. The van der Waals surface area contributed by atoms with E-state index < -0.39 is 0 Å². The van der Waals surface area contributed by atoms with E-state index in [1.807, 2.05) is 30.3 Å². The van der Waals surface area contributed by atoms with Gasteiger partial charge in [0, 0.05) is 15.4 Å². The molecule has 2 rings (SSSR count). The highest BCUT2D eigenvalue weighted by atomic mass is 79.9. The molecule has 90 valence electrons. The monoisotopic (exact) mass is 357 g/mol. The van der Waals surface area contributed by atoms with Crippen molar-refractivity contribution in [3.8, 4) is 0 Å². The van der Waals surface area contributed by atoms with E-state index in [9.17, 15) is 0 Å². The molecule has 0 aliphatic heterocycles. The van der Waals surface area contributed by atoms with Crippen LogP contribution < -0.4 is 5.32 Å². The van der Waals surface area contributed by atoms with Gasteiger partial charge in [-0.25, -0.2) is 0 Å². The molecule has 1 N–H and O–H groups in total. The summed E-state index contributed by atoms with van der Waals surface area (Å²) < 4.78 is 7.71. The van der Waals surface area contributed by atoms with Gasteiger partial charge >= 0.3 is 0 Å². The molecule has 0 aliphatic carbocycles. The molecule has 4 heteroatoms. The van der Waals surface area contributed by atoms with Crippen LogP contribution in [0.5, 0.6) is 0 Å². The fraction of sp³-hybridized carbons (Fsp3) is 0.231. The highest BCUT2D eigenvalue weighted by Gasteiger charge is 2.05. The van der Waals surface area contributed by atoms with Crippen LogP contribution in [0.4, 0.5) is 5.69 Å². The lowest BCUT2D eigenvalue weighted by molar-refractivity contribution is 0.476. The minimum Gasteiger partial charge on any atom is -0.464 e. The first kappa shape index (κ1) is 12.7. The molecule has 2 nitrogen and oxygen atoms in total. The molecular formula is C13H13Br2NO. The Bertz CT molecular complexity index is 488. The maximum absolute atomic E-state index is 5.64. The first-order valence-corrected chi connectivity index (χ1v) is 7.04. The van der Waals surface area contributed by atoms with Crippen molar-refractivity contribution >= 4 is 37.5 Å². The number of aryl methyl sites for hydroxylation is 1. The van der Waals surface area contributed by atoms with E-state index in [1.165, 1.54) is 0 Å². The second-order valence-electron chi connectivity index (χ2n) is 3.67. The Morgan fingerprint density at radius 1 is 1.06 bits per heavy atom. The van der Waals surface area contributed by atoms with E-state index in [0.29, 0.717) is 6.54 Å². The predicted octanol–water partition coefficient (Wildman–Crippen LogP) is 4.98. The summed E-state index contributed by atoms with van der Waals surface area (Å²) in [6, 6.07) is 10.0. The molecule has 0 bridgehead atoms. The number of para-hydroxylation sites is 1. The topological polar surface area (TPSA) is 25.2 Å². The molecule has 0 radical (unpaired) electrons. The lowest BCUT2D eigenvalue weighted by atomic mass is 10.3. The quantitative estimate of drug-likeness (QED) is 0.833. The van der Waals surface area contributed by atoms with Crippen molar-refractivity contribution < 1.29 is 4.42 Å². The second kappa shape index (κ2) is 5.74. The summed E-state index contributed by atoms with van der Waals surface area (Å²) in [6.45, 7) is 2.77. The molecule has 1 heterocycles. The van der Waals surface area contributed by atoms with Crippen molar-refractivity contribution in [3.05, 3.63) is 50.8 Å². The highest BCUT2D eigenvalue weighted by molar-refractivity contribution is 9.11. The van der Waals surface area contributed by atoms with Gasteiger partial charge in [0.05, 0.1) is 12.2 Å². The average Bonchev–Trinajstić information content (AvgIpc) is 2.76. The Morgan fingerprint density at radius 3 is 2.29 bits per heavy atom. The molecule has 0 unspecified atom stereocenters. The average molecular weight is 359 g/mol. The van der Waals surface area contributed by atoms with Crippen LogP contribution in [-0.2, 0) is 13.0 Å². The van der Waals surface area contributed by atoms with Crippen molar-refractivity contribution in [3.63, 3.8) is 0 Å². The maximum Gasteiger partial charge on any atom is 0.123 e. The van der Waals surface area contributed by atoms with Crippen LogP contribution in [0.3, 0.4) is 0 Å². The van der Waals surface area contributed by atoms with Gasteiger partial charge in [-0.15, -0.1) is 0 Å². The molecule has 0 fully saturated rings. The van der Waals surface area contributed by atoms with E-state index in [0.717, 1.165) is 32.6 Å². The summed E-state index contributed by atoms with van der Waals surface area (Å²) in [5, 5.41) is 3.35. The SMILES string of the molecule is CCc1ccc(CNc2c(Br)cccc2Br)o1. The third kappa shape index (κ3) is 3.13. The Kier molecular flexibility index (Phi) is 4.29. The summed E-state index contributed by atoms with van der Waals surface area (Å²) in [5.74, 6) is 1.97. The molecule has 0 saturated heterocycles. The number of rotatable bonds is 4. The molecule has 0 atom stereocenters. The van der Waals surface area contributed by atoms with Gasteiger partial charge in [0.15, 0.2) is 0 Å². The Morgan fingerprint density at radius 2 is 1.71 bits per heavy atom. The Labute approximate surface area is 118 Å². The van der Waals surface area contributed by atoms with Gasteiger partial charge in [0.2, 0.25) is 0 Å². The summed E-state index contributed by atoms with van der Waals surface area (Å²) >= 11 is 7.03. The van der Waals surface area contributed by atoms with E-state index in [1.54, 1.807) is 0 Å². The number of nitrogens with one attached hydrogen (secondary N) is 1. The van der Waals surface area contributed by atoms with Crippen molar-refractivity contribution in [1.29, 1.82) is 0 Å². The van der Waals surface area contributed by atoms with Gasteiger partial charge in [0.1, 0.15) is 11.5 Å². The molecule has 0 spiro atoms. The predicted molar refractivity (Wildman–Crippen MR) is 77.3 cm³/mol. The molecule has 2 aromatic rings. The number of anilines is 1. The van der Waals surface area contributed by atoms with Crippen LogP contribution in [0.15, 0.2) is 43.7 Å². The minimum atomic E-state index is 0.682. The molecule has 0 saturated carbocycles. The fourth-order valence-corrected chi connectivity index (χ4v) is 2.83. The molecule has 1 aromatic carbocycles. The lowest BCUT2D eigenvalue weighted by Crippen LogP contribution is -1.99. The third-order valence-corrected chi connectivity index (χ3v) is 3.79. The van der Waals surface area contributed by atoms with Crippen molar-refractivity contribution in [2.45, 2.75) is 19.9 Å². The Balaban J connectivity index is 2.07. The lowest BCUT2D eigenvalue weighted by Gasteiger charge is -2.09. The van der Waals surface area contributed by atoms with Gasteiger partial charge in [0.25, 0.3) is 0 Å². The molecule has 0 aliphatic rings. The summed E-state index contributed by atoms with van der Waals surface area (Å²) in [6.07, 6.45) is 0.929. The molecule has 17 heavy (non-hydrogen) atoms. The first-order chi connectivity index (χ1) is 8.20. The van der Waals surface area contributed by atoms with Crippen LogP contribution in [0.2, 0.25) is 0 Å². The largest absolute Gasteiger partial charge is 0.464 e. The van der Waals surface area contributed by atoms with Gasteiger partial charge in [-0.2, -0.15) is 0 Å². The smallest absolute Gasteiger partial charge is 0.123 e. The van der Waals surface area contributed by atoms with E-state index >= 15 is 0 Å². The number of hydrogen-bond donors (Lipinski definition) is 1. The summed E-state index contributed by atoms with van der Waals surface area (Å²) in [5.41, 5.74) is 1.04. The number of hydrogen-bond acceptors (Lipinski definition) is 2. The fourth-order valence-electron chi connectivity index (χ4n) is 1.55. The zero-order chi connectivity index (χ0) is 12.3. The summed E-state index contributed by atoms with van der Waals surface area (Å²) in [4.78, 5) is 0. The molecular weight excluding hydrogens is 346 g/mol. The highest BCUT2D eigenvalue weighted by Crippen LogP contribution is 2.30.